The van der Waals surface area contributed by atoms with E-state index in [4.69, 9.17) is 4.98 Å². The third-order valence-corrected chi connectivity index (χ3v) is 7.76. The van der Waals surface area contributed by atoms with Gasteiger partial charge in [-0.25, -0.2) is 4.98 Å². The van der Waals surface area contributed by atoms with Gasteiger partial charge in [0.2, 0.25) is 11.8 Å². The Morgan fingerprint density at radius 2 is 1.54 bits per heavy atom. The van der Waals surface area contributed by atoms with Gasteiger partial charge in [0.05, 0.1) is 17.1 Å². The highest BCUT2D eigenvalue weighted by molar-refractivity contribution is 5.82. The number of nitrogens with zero attached hydrogens (tertiary/aromatic N) is 3. The maximum atomic E-state index is 14.0. The van der Waals surface area contributed by atoms with Gasteiger partial charge in [0.1, 0.15) is 12.4 Å². The monoisotopic (exact) mass is 522 g/mol. The summed E-state index contributed by atoms with van der Waals surface area (Å²) >= 11 is 0. The van der Waals surface area contributed by atoms with Crippen molar-refractivity contribution in [2.45, 2.75) is 77.0 Å². The van der Waals surface area contributed by atoms with E-state index in [0.29, 0.717) is 25.2 Å². The number of aryl methyl sites for hydroxylation is 1. The van der Waals surface area contributed by atoms with Crippen LogP contribution in [0.5, 0.6) is 0 Å². The fraction of sp³-hybridized carbons (Fsp3) is 0.364. The Bertz CT molecular complexity index is 1380. The molecule has 1 aliphatic carbocycles. The normalized spacial score (nSPS) is 14.7. The molecule has 1 aromatic heterocycles. The molecule has 202 valence electrons. The molecule has 0 saturated heterocycles. The molecular formula is C33H38N4O2. The number of hydrogen-bond acceptors (Lipinski definition) is 3. The average molecular weight is 523 g/mol. The molecule has 2 amide bonds. The second kappa shape index (κ2) is 12.7. The smallest absolute Gasteiger partial charge is 0.243 e. The number of carbonyl (C=O) groups excluding carboxylic acids is 2. The summed E-state index contributed by atoms with van der Waals surface area (Å²) in [6.07, 6.45) is 6.74. The first-order valence-corrected chi connectivity index (χ1v) is 14.2. The number of fused-ring (bicyclic) bond motifs is 1. The molecule has 39 heavy (non-hydrogen) atoms. The molecule has 1 N–H and O–H groups in total. The van der Waals surface area contributed by atoms with Gasteiger partial charge < -0.3 is 14.8 Å². The van der Waals surface area contributed by atoms with Crippen LogP contribution in [0.3, 0.4) is 0 Å². The van der Waals surface area contributed by atoms with Crippen LogP contribution < -0.4 is 5.32 Å². The number of benzene rings is 3. The van der Waals surface area contributed by atoms with Crippen LogP contribution in [-0.2, 0) is 29.1 Å². The molecule has 0 bridgehead atoms. The summed E-state index contributed by atoms with van der Waals surface area (Å²) in [6.45, 7) is 2.76. The summed E-state index contributed by atoms with van der Waals surface area (Å²) in [5.41, 5.74) is 4.03. The molecule has 6 heteroatoms. The lowest BCUT2D eigenvalue weighted by Crippen LogP contribution is -2.43. The zero-order valence-electron chi connectivity index (χ0n) is 22.8. The summed E-state index contributed by atoms with van der Waals surface area (Å²) in [7, 11) is 0. The highest BCUT2D eigenvalue weighted by Gasteiger charge is 2.28. The molecule has 1 unspecified atom stereocenters. The van der Waals surface area contributed by atoms with Crippen molar-refractivity contribution in [3.63, 3.8) is 0 Å². The van der Waals surface area contributed by atoms with Crippen molar-refractivity contribution >= 4 is 22.8 Å². The summed E-state index contributed by atoms with van der Waals surface area (Å²) in [4.78, 5) is 33.8. The number of amides is 2. The molecule has 1 aliphatic rings. The van der Waals surface area contributed by atoms with E-state index in [1.54, 1.807) is 0 Å². The van der Waals surface area contributed by atoms with Crippen LogP contribution in [0.15, 0.2) is 84.9 Å². The molecule has 1 atom stereocenters. The van der Waals surface area contributed by atoms with Crippen LogP contribution >= 0.6 is 0 Å². The van der Waals surface area contributed by atoms with Gasteiger partial charge in [0.25, 0.3) is 0 Å². The van der Waals surface area contributed by atoms with Crippen LogP contribution in [0.1, 0.15) is 68.4 Å². The lowest BCUT2D eigenvalue weighted by Gasteiger charge is -2.35. The number of para-hydroxylation sites is 2. The first kappa shape index (κ1) is 26.7. The van der Waals surface area contributed by atoms with Crippen molar-refractivity contribution in [2.75, 3.05) is 0 Å². The van der Waals surface area contributed by atoms with Gasteiger partial charge in [-0.15, -0.1) is 0 Å². The number of hydrogen-bond donors (Lipinski definition) is 1. The standard InChI is InChI=1S/C33H38N4O2/c1-25(34-31(38)22-21-26-13-5-2-6-14-26)33-35-29-19-11-12-20-30(29)37(33)24-32(39)36(28-17-9-4-10-18-28)23-27-15-7-3-8-16-27/h2-3,5-8,11-16,19-20,25,28H,4,9-10,17-18,21-24H2,1H3,(H,34,38). The van der Waals surface area contributed by atoms with Crippen LogP contribution in [-0.4, -0.2) is 32.3 Å². The van der Waals surface area contributed by atoms with Crippen molar-refractivity contribution < 1.29 is 9.59 Å². The Hall–Kier alpha value is -3.93. The molecule has 6 nitrogen and oxygen atoms in total. The van der Waals surface area contributed by atoms with Crippen molar-refractivity contribution in [1.82, 2.24) is 19.8 Å². The van der Waals surface area contributed by atoms with Crippen molar-refractivity contribution in [3.8, 4) is 0 Å². The molecule has 5 rings (SSSR count). The minimum Gasteiger partial charge on any atom is -0.346 e. The first-order chi connectivity index (χ1) is 19.1. The molecule has 3 aromatic carbocycles. The lowest BCUT2D eigenvalue weighted by molar-refractivity contribution is -0.135. The fourth-order valence-corrected chi connectivity index (χ4v) is 5.69. The summed E-state index contributed by atoms with van der Waals surface area (Å²) in [5.74, 6) is 0.780. The minimum absolute atomic E-state index is 0.0239. The van der Waals surface area contributed by atoms with Crippen LogP contribution in [0.25, 0.3) is 11.0 Å². The maximum absolute atomic E-state index is 14.0. The maximum Gasteiger partial charge on any atom is 0.243 e. The SMILES string of the molecule is CC(NC(=O)CCc1ccccc1)c1nc2ccccc2n1CC(=O)N(Cc1ccccc1)C1CCCCC1. The summed E-state index contributed by atoms with van der Waals surface area (Å²) in [6, 6.07) is 28.1. The largest absolute Gasteiger partial charge is 0.346 e. The molecule has 1 heterocycles. The predicted molar refractivity (Wildman–Crippen MR) is 155 cm³/mol. The zero-order valence-corrected chi connectivity index (χ0v) is 22.8. The van der Waals surface area contributed by atoms with Crippen LogP contribution in [0.4, 0.5) is 0 Å². The highest BCUT2D eigenvalue weighted by Crippen LogP contribution is 2.26. The quantitative estimate of drug-likeness (QED) is 0.269. The summed E-state index contributed by atoms with van der Waals surface area (Å²) in [5, 5.41) is 3.13. The highest BCUT2D eigenvalue weighted by atomic mass is 16.2. The number of rotatable bonds is 10. The molecule has 1 saturated carbocycles. The fourth-order valence-electron chi connectivity index (χ4n) is 5.69. The van der Waals surface area contributed by atoms with Gasteiger partial charge in [-0.1, -0.05) is 92.1 Å². The van der Waals surface area contributed by atoms with Gasteiger partial charge in [-0.2, -0.15) is 0 Å². The van der Waals surface area contributed by atoms with Gasteiger partial charge in [0.15, 0.2) is 0 Å². The first-order valence-electron chi connectivity index (χ1n) is 14.2. The predicted octanol–water partition coefficient (Wildman–Crippen LogP) is 6.21. The van der Waals surface area contributed by atoms with Gasteiger partial charge in [-0.05, 0) is 49.4 Å². The van der Waals surface area contributed by atoms with Crippen LogP contribution in [0, 0.1) is 0 Å². The Kier molecular flexibility index (Phi) is 8.71. The topological polar surface area (TPSA) is 67.2 Å². The van der Waals surface area contributed by atoms with Crippen molar-refractivity contribution in [1.29, 1.82) is 0 Å². The van der Waals surface area contributed by atoms with E-state index >= 15 is 0 Å². The van der Waals surface area contributed by atoms with Crippen LogP contribution in [0.2, 0.25) is 0 Å². The van der Waals surface area contributed by atoms with E-state index in [9.17, 15) is 9.59 Å². The Morgan fingerprint density at radius 3 is 2.26 bits per heavy atom. The Labute approximate surface area is 231 Å². The number of aromatic nitrogens is 2. The number of carbonyl (C=O) groups is 2. The average Bonchev–Trinajstić information content (AvgIpc) is 3.34. The minimum atomic E-state index is -0.328. The molecule has 0 spiro atoms. The Morgan fingerprint density at radius 1 is 0.897 bits per heavy atom. The second-order valence-corrected chi connectivity index (χ2v) is 10.6. The van der Waals surface area contributed by atoms with Gasteiger partial charge in [0, 0.05) is 19.0 Å². The van der Waals surface area contributed by atoms with Gasteiger partial charge >= 0.3 is 0 Å². The lowest BCUT2D eigenvalue weighted by atomic mass is 9.93. The molecule has 1 fully saturated rings. The number of imidazole rings is 1. The third kappa shape index (κ3) is 6.75. The number of nitrogens with one attached hydrogen (secondary N) is 1. The van der Waals surface area contributed by atoms with E-state index in [1.807, 2.05) is 84.3 Å². The van der Waals surface area contributed by atoms with Crippen molar-refractivity contribution in [2.24, 2.45) is 0 Å². The van der Waals surface area contributed by atoms with Crippen molar-refractivity contribution in [3.05, 3.63) is 102 Å². The van der Waals surface area contributed by atoms with E-state index in [0.717, 1.165) is 47.8 Å². The van der Waals surface area contributed by atoms with E-state index < -0.39 is 0 Å². The molecule has 0 aliphatic heterocycles. The Balaban J connectivity index is 1.36. The van der Waals surface area contributed by atoms with Gasteiger partial charge in [-0.3, -0.25) is 9.59 Å². The molecule has 4 aromatic rings. The second-order valence-electron chi connectivity index (χ2n) is 10.6. The molecule has 0 radical (unpaired) electrons. The zero-order chi connectivity index (χ0) is 27.0. The van der Waals surface area contributed by atoms with E-state index in [-0.39, 0.29) is 30.4 Å². The third-order valence-electron chi connectivity index (χ3n) is 7.76. The van der Waals surface area contributed by atoms with E-state index in [1.165, 1.54) is 6.42 Å². The van der Waals surface area contributed by atoms with E-state index in [2.05, 4.69) is 22.3 Å². The molecular weight excluding hydrogens is 484 g/mol. The summed E-state index contributed by atoms with van der Waals surface area (Å²) < 4.78 is 2.00.